The van der Waals surface area contributed by atoms with Gasteiger partial charge in [-0.25, -0.2) is 0 Å². The van der Waals surface area contributed by atoms with Gasteiger partial charge in [-0.3, -0.25) is 19.9 Å². The Balaban J connectivity index is 1.66. The lowest BCUT2D eigenvalue weighted by Gasteiger charge is -2.29. The predicted octanol–water partition coefficient (Wildman–Crippen LogP) is 5.94. The molecule has 3 heterocycles. The summed E-state index contributed by atoms with van der Waals surface area (Å²) in [6.45, 7) is 5.77. The first kappa shape index (κ1) is 29.5. The fourth-order valence-electron chi connectivity index (χ4n) is 5.54. The number of aryl methyl sites for hydroxylation is 1. The van der Waals surface area contributed by atoms with Crippen molar-refractivity contribution in [3.05, 3.63) is 99.6 Å². The minimum absolute atomic E-state index is 0.0532. The van der Waals surface area contributed by atoms with Gasteiger partial charge in [-0.15, -0.1) is 0 Å². The van der Waals surface area contributed by atoms with Gasteiger partial charge >= 0.3 is 0 Å². The van der Waals surface area contributed by atoms with E-state index < -0.39 is 4.92 Å². The quantitative estimate of drug-likeness (QED) is 0.136. The number of hydrogen-bond donors (Lipinski definition) is 2. The van der Waals surface area contributed by atoms with Crippen molar-refractivity contribution in [1.82, 2.24) is 14.9 Å². The van der Waals surface area contributed by atoms with E-state index >= 15 is 0 Å². The zero-order chi connectivity index (χ0) is 30.8. The number of ether oxygens (including phenoxy) is 2. The molecular weight excluding hydrogens is 568 g/mol. The van der Waals surface area contributed by atoms with Crippen LogP contribution in [0, 0.1) is 24.0 Å². The highest BCUT2D eigenvalue weighted by Gasteiger charge is 2.42. The third-order valence-electron chi connectivity index (χ3n) is 7.56. The molecule has 1 aliphatic heterocycles. The van der Waals surface area contributed by atoms with Crippen molar-refractivity contribution in [3.63, 3.8) is 0 Å². The zero-order valence-electron chi connectivity index (χ0n) is 24.5. The Kier molecular flexibility index (Phi) is 8.31. The molecule has 12 heteroatoms. The SMILES string of the molecule is CCC(=O)Nc1ccc(N2C(=S)N[C@H](c3ccccn3)[C@H]2c2cc(C)n(-c3ccc([N+](=O)[O-])cc3OC)c2C)cc1OC. The second kappa shape index (κ2) is 12.1. The lowest BCUT2D eigenvalue weighted by molar-refractivity contribution is -0.384. The maximum atomic E-state index is 12.1. The van der Waals surface area contributed by atoms with Gasteiger partial charge in [-0.1, -0.05) is 13.0 Å². The summed E-state index contributed by atoms with van der Waals surface area (Å²) in [7, 11) is 3.05. The van der Waals surface area contributed by atoms with Gasteiger partial charge in [0, 0.05) is 41.8 Å². The van der Waals surface area contributed by atoms with E-state index in [0.717, 1.165) is 28.3 Å². The van der Waals surface area contributed by atoms with Crippen LogP contribution in [0.2, 0.25) is 0 Å². The Morgan fingerprint density at radius 3 is 2.51 bits per heavy atom. The Morgan fingerprint density at radius 1 is 1.09 bits per heavy atom. The highest BCUT2D eigenvalue weighted by molar-refractivity contribution is 7.80. The Hall–Kier alpha value is -4.97. The number of carbonyl (C=O) groups excluding carboxylic acids is 1. The molecule has 2 aromatic heterocycles. The monoisotopic (exact) mass is 600 g/mol. The highest BCUT2D eigenvalue weighted by Crippen LogP contribution is 2.45. The van der Waals surface area contributed by atoms with Crippen molar-refractivity contribution in [2.75, 3.05) is 24.4 Å². The minimum atomic E-state index is -0.444. The van der Waals surface area contributed by atoms with Crippen molar-refractivity contribution in [3.8, 4) is 17.2 Å². The number of rotatable bonds is 9. The average Bonchev–Trinajstić information content (AvgIpc) is 3.51. The molecule has 4 aromatic rings. The molecular formula is C31H32N6O5S. The number of non-ortho nitro benzene ring substituents is 1. The van der Waals surface area contributed by atoms with Crippen LogP contribution in [0.15, 0.2) is 66.9 Å². The summed E-state index contributed by atoms with van der Waals surface area (Å²) in [6.07, 6.45) is 2.09. The topological polar surface area (TPSA) is 124 Å². The molecule has 0 unspecified atom stereocenters. The number of carbonyl (C=O) groups is 1. The number of nitro benzene ring substituents is 1. The van der Waals surface area contributed by atoms with Crippen LogP contribution in [-0.4, -0.2) is 39.7 Å². The van der Waals surface area contributed by atoms with E-state index in [4.69, 9.17) is 21.7 Å². The molecule has 1 saturated heterocycles. The Labute approximate surface area is 254 Å². The highest BCUT2D eigenvalue weighted by atomic mass is 32.1. The molecule has 2 aromatic carbocycles. The summed E-state index contributed by atoms with van der Waals surface area (Å²) in [6, 6.07) is 17.4. The summed E-state index contributed by atoms with van der Waals surface area (Å²) in [5.74, 6) is 0.769. The number of amides is 1. The molecule has 43 heavy (non-hydrogen) atoms. The number of nitrogens with one attached hydrogen (secondary N) is 2. The van der Waals surface area contributed by atoms with Crippen LogP contribution in [0.3, 0.4) is 0 Å². The van der Waals surface area contributed by atoms with Gasteiger partial charge in [0.1, 0.15) is 11.5 Å². The number of hydrogen-bond acceptors (Lipinski definition) is 7. The number of thiocarbonyl (C=S) groups is 1. The molecule has 0 radical (unpaired) electrons. The standard InChI is InChI=1S/C31H32N6O5S/c1-6-28(38)33-23-12-10-20(16-26(23)41-4)36-30(29(34-31(36)43)24-9-7-8-14-32-24)22-15-18(2)35(19(22)3)25-13-11-21(37(39)40)17-27(25)42-5/h7-17,29-30H,6H2,1-5H3,(H,33,38)(H,34,43)/t29-,30-/m1/s1. The van der Waals surface area contributed by atoms with E-state index in [0.29, 0.717) is 34.4 Å². The summed E-state index contributed by atoms with van der Waals surface area (Å²) < 4.78 is 13.3. The van der Waals surface area contributed by atoms with Crippen LogP contribution in [-0.2, 0) is 4.79 Å². The third-order valence-corrected chi connectivity index (χ3v) is 7.88. The number of methoxy groups -OCH3 is 2. The number of benzene rings is 2. The minimum Gasteiger partial charge on any atom is -0.494 e. The molecule has 1 fully saturated rings. The predicted molar refractivity (Wildman–Crippen MR) is 168 cm³/mol. The summed E-state index contributed by atoms with van der Waals surface area (Å²) >= 11 is 5.92. The number of pyridine rings is 1. The van der Waals surface area contributed by atoms with Gasteiger partial charge < -0.3 is 29.6 Å². The second-order valence-electron chi connectivity index (χ2n) is 10.1. The summed E-state index contributed by atoms with van der Waals surface area (Å²) in [5, 5.41) is 18.3. The van der Waals surface area contributed by atoms with Gasteiger partial charge in [0.05, 0.1) is 54.4 Å². The molecule has 222 valence electrons. The number of aromatic nitrogens is 2. The molecule has 2 atom stereocenters. The molecule has 1 aliphatic rings. The molecule has 0 aliphatic carbocycles. The van der Waals surface area contributed by atoms with Crippen LogP contribution >= 0.6 is 12.2 Å². The molecule has 5 rings (SSSR count). The first-order chi connectivity index (χ1) is 20.7. The lowest BCUT2D eigenvalue weighted by Crippen LogP contribution is -2.29. The van der Waals surface area contributed by atoms with E-state index in [1.807, 2.05) is 53.6 Å². The lowest BCUT2D eigenvalue weighted by atomic mass is 9.96. The molecule has 2 N–H and O–H groups in total. The molecule has 0 spiro atoms. The fourth-order valence-corrected chi connectivity index (χ4v) is 5.89. The van der Waals surface area contributed by atoms with Gasteiger partial charge in [0.25, 0.3) is 5.69 Å². The normalized spacial score (nSPS) is 16.1. The van der Waals surface area contributed by atoms with E-state index in [9.17, 15) is 14.9 Å². The Bertz CT molecular complexity index is 1710. The average molecular weight is 601 g/mol. The molecule has 0 bridgehead atoms. The molecule has 11 nitrogen and oxygen atoms in total. The van der Waals surface area contributed by atoms with E-state index in [1.165, 1.54) is 19.2 Å². The van der Waals surface area contributed by atoms with Gasteiger partial charge in [0.2, 0.25) is 5.91 Å². The van der Waals surface area contributed by atoms with E-state index in [1.54, 1.807) is 32.4 Å². The van der Waals surface area contributed by atoms with Crippen molar-refractivity contribution in [2.45, 2.75) is 39.3 Å². The number of nitrogens with zero attached hydrogens (tertiary/aromatic N) is 4. The van der Waals surface area contributed by atoms with E-state index in [-0.39, 0.29) is 23.7 Å². The van der Waals surface area contributed by atoms with Gasteiger partial charge in [-0.2, -0.15) is 0 Å². The van der Waals surface area contributed by atoms with Crippen LogP contribution in [0.5, 0.6) is 11.5 Å². The molecule has 0 saturated carbocycles. The van der Waals surface area contributed by atoms with Gasteiger partial charge in [0.15, 0.2) is 5.11 Å². The van der Waals surface area contributed by atoms with Crippen LogP contribution in [0.25, 0.3) is 5.69 Å². The van der Waals surface area contributed by atoms with Gasteiger partial charge in [-0.05, 0) is 68.0 Å². The fraction of sp³-hybridized carbons (Fsp3) is 0.258. The van der Waals surface area contributed by atoms with Crippen molar-refractivity contribution in [1.29, 1.82) is 0 Å². The van der Waals surface area contributed by atoms with Crippen LogP contribution in [0.1, 0.15) is 48.1 Å². The second-order valence-corrected chi connectivity index (χ2v) is 10.4. The first-order valence-corrected chi connectivity index (χ1v) is 14.1. The summed E-state index contributed by atoms with van der Waals surface area (Å²) in [4.78, 5) is 29.8. The molecule has 1 amide bonds. The Morgan fingerprint density at radius 2 is 1.86 bits per heavy atom. The number of nitro groups is 1. The smallest absolute Gasteiger partial charge is 0.273 e. The number of anilines is 2. The van der Waals surface area contributed by atoms with Crippen molar-refractivity contribution < 1.29 is 19.2 Å². The largest absolute Gasteiger partial charge is 0.494 e. The zero-order valence-corrected chi connectivity index (χ0v) is 25.3. The van der Waals surface area contributed by atoms with E-state index in [2.05, 4.69) is 21.7 Å². The first-order valence-electron chi connectivity index (χ1n) is 13.7. The maximum absolute atomic E-state index is 12.1. The maximum Gasteiger partial charge on any atom is 0.273 e. The third kappa shape index (κ3) is 5.48. The van der Waals surface area contributed by atoms with Crippen molar-refractivity contribution in [2.24, 2.45) is 0 Å². The van der Waals surface area contributed by atoms with Crippen LogP contribution < -0.4 is 25.0 Å². The van der Waals surface area contributed by atoms with Crippen molar-refractivity contribution >= 4 is 40.3 Å². The summed E-state index contributed by atoms with van der Waals surface area (Å²) in [5.41, 5.74) is 5.57. The van der Waals surface area contributed by atoms with Crippen LogP contribution in [0.4, 0.5) is 17.1 Å².